The molecule has 0 radical (unpaired) electrons. The van der Waals surface area contributed by atoms with E-state index in [-0.39, 0.29) is 5.75 Å². The quantitative estimate of drug-likeness (QED) is 0.695. The first-order chi connectivity index (χ1) is 12.6. The van der Waals surface area contributed by atoms with Crippen LogP contribution in [0.15, 0.2) is 51.7 Å². The second-order valence-corrected chi connectivity index (χ2v) is 6.56. The zero-order chi connectivity index (χ0) is 18.1. The molecular weight excluding hydrogens is 334 g/mol. The van der Waals surface area contributed by atoms with E-state index in [2.05, 4.69) is 7.05 Å². The van der Waals surface area contributed by atoms with Gasteiger partial charge in [-0.05, 0) is 30.3 Å². The average molecular weight is 354 g/mol. The van der Waals surface area contributed by atoms with Crippen molar-refractivity contribution < 1.29 is 23.9 Å². The van der Waals surface area contributed by atoms with Gasteiger partial charge in [-0.1, -0.05) is 0 Å². The van der Waals surface area contributed by atoms with E-state index in [0.29, 0.717) is 25.3 Å². The molecule has 2 aromatic carbocycles. The lowest BCUT2D eigenvalue weighted by Gasteiger charge is -2.20. The van der Waals surface area contributed by atoms with Crippen LogP contribution in [0.2, 0.25) is 0 Å². The zero-order valence-electron chi connectivity index (χ0n) is 14.5. The topological polar surface area (TPSA) is 73.3 Å². The molecule has 0 amide bonds. The average Bonchev–Trinajstić information content (AvgIpc) is 2.61. The molecule has 1 unspecified atom stereocenters. The number of phenolic OH excluding ortho intramolecular Hbond substituents is 1. The van der Waals surface area contributed by atoms with E-state index in [9.17, 15) is 9.90 Å². The van der Waals surface area contributed by atoms with Crippen LogP contribution in [0.3, 0.4) is 0 Å². The van der Waals surface area contributed by atoms with E-state index < -0.39 is 5.63 Å². The Bertz CT molecular complexity index is 1010. The Hall–Kier alpha value is -2.99. The van der Waals surface area contributed by atoms with Crippen molar-refractivity contribution in [2.24, 2.45) is 0 Å². The van der Waals surface area contributed by atoms with Gasteiger partial charge in [0, 0.05) is 28.6 Å². The molecule has 1 aliphatic heterocycles. The number of rotatable bonds is 4. The highest BCUT2D eigenvalue weighted by Crippen LogP contribution is 2.30. The molecule has 6 heteroatoms. The van der Waals surface area contributed by atoms with Gasteiger partial charge in [-0.2, -0.15) is 0 Å². The lowest BCUT2D eigenvalue weighted by Crippen LogP contribution is -3.06. The van der Waals surface area contributed by atoms with E-state index in [1.54, 1.807) is 12.1 Å². The number of benzene rings is 2. The van der Waals surface area contributed by atoms with Crippen molar-refractivity contribution in [3.8, 4) is 17.2 Å². The Morgan fingerprint density at radius 2 is 1.81 bits per heavy atom. The van der Waals surface area contributed by atoms with Crippen LogP contribution in [0.5, 0.6) is 17.2 Å². The van der Waals surface area contributed by atoms with E-state index in [1.807, 2.05) is 18.2 Å². The maximum Gasteiger partial charge on any atom is 0.336 e. The molecule has 0 saturated carbocycles. The van der Waals surface area contributed by atoms with Gasteiger partial charge in [0.25, 0.3) is 0 Å². The number of hydrogen-bond acceptors (Lipinski definition) is 5. The van der Waals surface area contributed by atoms with Gasteiger partial charge in [0.2, 0.25) is 0 Å². The molecule has 6 nitrogen and oxygen atoms in total. The lowest BCUT2D eigenvalue weighted by atomic mass is 10.1. The molecule has 1 aromatic heterocycles. The van der Waals surface area contributed by atoms with Crippen LogP contribution in [0.25, 0.3) is 11.0 Å². The maximum atomic E-state index is 11.8. The number of nitrogens with one attached hydrogen (secondary N) is 1. The molecule has 134 valence electrons. The summed E-state index contributed by atoms with van der Waals surface area (Å²) in [6.45, 7) is 2.58. The largest absolute Gasteiger partial charge is 0.508 e. The summed E-state index contributed by atoms with van der Waals surface area (Å²) in [7, 11) is 2.07. The number of ether oxygens (including phenoxy) is 2. The molecule has 0 spiro atoms. The minimum atomic E-state index is -0.412. The number of hydrogen-bond donors (Lipinski definition) is 2. The SMILES string of the molecule is C[NH+](Cc1ccc2c(c1)OCCO2)Cc1cc(=O)oc2cc(O)ccc12. The Kier molecular flexibility index (Phi) is 4.26. The minimum absolute atomic E-state index is 0.0785. The first-order valence-corrected chi connectivity index (χ1v) is 8.54. The van der Waals surface area contributed by atoms with E-state index in [1.165, 1.54) is 17.0 Å². The fraction of sp³-hybridized carbons (Fsp3) is 0.250. The number of quaternary nitrogens is 1. The van der Waals surface area contributed by atoms with Crippen molar-refractivity contribution in [1.29, 1.82) is 0 Å². The van der Waals surface area contributed by atoms with E-state index >= 15 is 0 Å². The van der Waals surface area contributed by atoms with Crippen molar-refractivity contribution in [1.82, 2.24) is 0 Å². The van der Waals surface area contributed by atoms with E-state index in [0.717, 1.165) is 34.6 Å². The van der Waals surface area contributed by atoms with Crippen LogP contribution in [-0.2, 0) is 13.1 Å². The number of fused-ring (bicyclic) bond motifs is 2. The van der Waals surface area contributed by atoms with Crippen LogP contribution < -0.4 is 20.0 Å². The summed E-state index contributed by atoms with van der Waals surface area (Å²) in [4.78, 5) is 13.0. The Morgan fingerprint density at radius 1 is 1.00 bits per heavy atom. The lowest BCUT2D eigenvalue weighted by molar-refractivity contribution is -0.907. The molecule has 0 fully saturated rings. The number of phenols is 1. The van der Waals surface area contributed by atoms with Crippen molar-refractivity contribution >= 4 is 11.0 Å². The molecule has 0 saturated heterocycles. The van der Waals surface area contributed by atoms with Gasteiger partial charge in [-0.25, -0.2) is 4.79 Å². The van der Waals surface area contributed by atoms with Crippen LogP contribution in [-0.4, -0.2) is 25.4 Å². The Labute approximate surface area is 150 Å². The summed E-state index contributed by atoms with van der Waals surface area (Å²) in [6, 6.07) is 12.3. The highest BCUT2D eigenvalue weighted by atomic mass is 16.6. The summed E-state index contributed by atoms with van der Waals surface area (Å²) in [5.74, 6) is 1.64. The Morgan fingerprint density at radius 3 is 2.65 bits per heavy atom. The van der Waals surface area contributed by atoms with E-state index in [4.69, 9.17) is 13.9 Å². The molecule has 0 aliphatic carbocycles. The third kappa shape index (κ3) is 3.36. The molecule has 3 aromatic rings. The molecule has 0 bridgehead atoms. The summed E-state index contributed by atoms with van der Waals surface area (Å²) >= 11 is 0. The summed E-state index contributed by atoms with van der Waals surface area (Å²) in [5.41, 5.74) is 2.02. The molecule has 26 heavy (non-hydrogen) atoms. The molecule has 2 N–H and O–H groups in total. The first kappa shape index (κ1) is 16.5. The second kappa shape index (κ2) is 6.72. The Balaban J connectivity index is 1.56. The van der Waals surface area contributed by atoms with Crippen LogP contribution >= 0.6 is 0 Å². The van der Waals surface area contributed by atoms with Crippen molar-refractivity contribution in [3.63, 3.8) is 0 Å². The van der Waals surface area contributed by atoms with Gasteiger partial charge < -0.3 is 23.9 Å². The minimum Gasteiger partial charge on any atom is -0.508 e. The summed E-state index contributed by atoms with van der Waals surface area (Å²) in [6.07, 6.45) is 0. The third-order valence-corrected chi connectivity index (χ3v) is 4.42. The van der Waals surface area contributed by atoms with Gasteiger partial charge in [0.1, 0.15) is 37.6 Å². The summed E-state index contributed by atoms with van der Waals surface area (Å²) in [5, 5.41) is 10.4. The number of aromatic hydroxyl groups is 1. The fourth-order valence-corrected chi connectivity index (χ4v) is 3.30. The summed E-state index contributed by atoms with van der Waals surface area (Å²) < 4.78 is 16.4. The monoisotopic (exact) mass is 354 g/mol. The predicted octanol–water partition coefficient (Wildman–Crippen LogP) is 1.48. The molecule has 1 aliphatic rings. The second-order valence-electron chi connectivity index (χ2n) is 6.56. The molecular formula is C20H20NO5+. The standard InChI is InChI=1S/C20H19NO5/c1-21(11-13-2-5-17-19(8-13)25-7-6-24-17)12-14-9-20(23)26-18-10-15(22)3-4-16(14)18/h2-5,8-10,22H,6-7,11-12H2,1H3/p+1. The third-order valence-electron chi connectivity index (χ3n) is 4.42. The van der Waals surface area contributed by atoms with Gasteiger partial charge in [-0.3, -0.25) is 0 Å². The maximum absolute atomic E-state index is 11.8. The predicted molar refractivity (Wildman–Crippen MR) is 95.9 cm³/mol. The highest BCUT2D eigenvalue weighted by molar-refractivity contribution is 5.81. The first-order valence-electron chi connectivity index (χ1n) is 8.54. The molecule has 4 rings (SSSR count). The molecule has 2 heterocycles. The van der Waals surface area contributed by atoms with Gasteiger partial charge in [0.05, 0.1) is 7.05 Å². The zero-order valence-corrected chi connectivity index (χ0v) is 14.5. The van der Waals surface area contributed by atoms with Gasteiger partial charge in [-0.15, -0.1) is 0 Å². The van der Waals surface area contributed by atoms with Crippen molar-refractivity contribution in [2.45, 2.75) is 13.1 Å². The van der Waals surface area contributed by atoms with Crippen LogP contribution in [0, 0.1) is 0 Å². The van der Waals surface area contributed by atoms with Crippen molar-refractivity contribution in [3.05, 3.63) is 64.0 Å². The van der Waals surface area contributed by atoms with Gasteiger partial charge in [0.15, 0.2) is 11.5 Å². The molecule has 1 atom stereocenters. The fourth-order valence-electron chi connectivity index (χ4n) is 3.30. The van der Waals surface area contributed by atoms with Gasteiger partial charge >= 0.3 is 5.63 Å². The normalized spacial score (nSPS) is 14.3. The van der Waals surface area contributed by atoms with Crippen LogP contribution in [0.4, 0.5) is 0 Å². The van der Waals surface area contributed by atoms with Crippen molar-refractivity contribution in [2.75, 3.05) is 20.3 Å². The smallest absolute Gasteiger partial charge is 0.336 e. The highest BCUT2D eigenvalue weighted by Gasteiger charge is 2.15. The van der Waals surface area contributed by atoms with Crippen LogP contribution in [0.1, 0.15) is 11.1 Å².